The van der Waals surface area contributed by atoms with Crippen LogP contribution < -0.4 is 10.2 Å². The lowest BCUT2D eigenvalue weighted by molar-refractivity contribution is -0.116. The number of morpholine rings is 1. The van der Waals surface area contributed by atoms with Gasteiger partial charge in [-0.1, -0.05) is 6.42 Å². The molecule has 10 nitrogen and oxygen atoms in total. The van der Waals surface area contributed by atoms with E-state index in [-0.39, 0.29) is 23.3 Å². The van der Waals surface area contributed by atoms with Crippen molar-refractivity contribution in [2.24, 2.45) is 0 Å². The molecule has 0 aliphatic carbocycles. The van der Waals surface area contributed by atoms with Gasteiger partial charge in [0, 0.05) is 44.6 Å². The number of anilines is 2. The van der Waals surface area contributed by atoms with E-state index in [2.05, 4.69) is 10.2 Å². The molecule has 0 atom stereocenters. The van der Waals surface area contributed by atoms with E-state index < -0.39 is 15.9 Å². The van der Waals surface area contributed by atoms with Crippen LogP contribution in [0.15, 0.2) is 45.9 Å². The summed E-state index contributed by atoms with van der Waals surface area (Å²) < 4.78 is 37.6. The van der Waals surface area contributed by atoms with Gasteiger partial charge >= 0.3 is 0 Å². The van der Waals surface area contributed by atoms with E-state index in [1.165, 1.54) is 28.4 Å². The molecule has 1 N–H and O–H groups in total. The number of sulfonamides is 1. The number of amides is 2. The van der Waals surface area contributed by atoms with Gasteiger partial charge in [-0.15, -0.1) is 0 Å². The zero-order valence-corrected chi connectivity index (χ0v) is 20.1. The average molecular weight is 491 g/mol. The van der Waals surface area contributed by atoms with E-state index >= 15 is 0 Å². The van der Waals surface area contributed by atoms with Crippen LogP contribution in [-0.2, 0) is 19.6 Å². The van der Waals surface area contributed by atoms with Crippen molar-refractivity contribution in [2.75, 3.05) is 63.2 Å². The predicted octanol–water partition coefficient (Wildman–Crippen LogP) is 2.00. The zero-order valence-electron chi connectivity index (χ0n) is 19.2. The molecule has 2 aromatic rings. The van der Waals surface area contributed by atoms with Crippen LogP contribution in [-0.4, -0.2) is 82.4 Å². The average Bonchev–Trinajstić information content (AvgIpc) is 3.36. The number of hydrogen-bond acceptors (Lipinski definition) is 7. The van der Waals surface area contributed by atoms with Gasteiger partial charge in [0.05, 0.1) is 19.8 Å². The minimum absolute atomic E-state index is 0.124. The summed E-state index contributed by atoms with van der Waals surface area (Å²) in [6.07, 6.45) is 2.61. The molecular weight excluding hydrogens is 460 g/mol. The Kier molecular flexibility index (Phi) is 7.54. The molecule has 2 amide bonds. The molecule has 34 heavy (non-hydrogen) atoms. The first-order chi connectivity index (χ1) is 16.3. The van der Waals surface area contributed by atoms with Crippen LogP contribution in [0.3, 0.4) is 0 Å². The molecule has 2 saturated heterocycles. The molecule has 0 bridgehead atoms. The number of rotatable bonds is 7. The SMILES string of the molecule is CN(CC(=O)Nc1ccc(N2CCOCC2)cc1)C(=O)c1ccc(S(=O)(=O)N2CCCCC2)o1. The summed E-state index contributed by atoms with van der Waals surface area (Å²) >= 11 is 0. The maximum Gasteiger partial charge on any atom is 0.289 e. The summed E-state index contributed by atoms with van der Waals surface area (Å²) in [5, 5.41) is 2.52. The quantitative estimate of drug-likeness (QED) is 0.632. The van der Waals surface area contributed by atoms with Crippen molar-refractivity contribution in [1.29, 1.82) is 0 Å². The molecule has 2 fully saturated rings. The smallest absolute Gasteiger partial charge is 0.289 e. The van der Waals surface area contributed by atoms with Gasteiger partial charge in [-0.3, -0.25) is 9.59 Å². The summed E-state index contributed by atoms with van der Waals surface area (Å²) in [5.74, 6) is -1.07. The summed E-state index contributed by atoms with van der Waals surface area (Å²) in [4.78, 5) is 28.5. The largest absolute Gasteiger partial charge is 0.438 e. The van der Waals surface area contributed by atoms with Crippen molar-refractivity contribution >= 4 is 33.2 Å². The minimum atomic E-state index is -3.77. The normalized spacial score (nSPS) is 17.4. The van der Waals surface area contributed by atoms with Crippen molar-refractivity contribution in [1.82, 2.24) is 9.21 Å². The maximum atomic E-state index is 12.7. The second-order valence-corrected chi connectivity index (χ2v) is 10.3. The zero-order chi connectivity index (χ0) is 24.1. The highest BCUT2D eigenvalue weighted by Gasteiger charge is 2.30. The second-order valence-electron chi connectivity index (χ2n) is 8.44. The van der Waals surface area contributed by atoms with Crippen LogP contribution in [0.4, 0.5) is 11.4 Å². The van der Waals surface area contributed by atoms with Crippen molar-refractivity contribution in [3.63, 3.8) is 0 Å². The van der Waals surface area contributed by atoms with Gasteiger partial charge in [-0.2, -0.15) is 4.31 Å². The monoisotopic (exact) mass is 490 g/mol. The fourth-order valence-electron chi connectivity index (χ4n) is 4.06. The highest BCUT2D eigenvalue weighted by atomic mass is 32.2. The van der Waals surface area contributed by atoms with Crippen LogP contribution in [0.5, 0.6) is 0 Å². The van der Waals surface area contributed by atoms with E-state index in [4.69, 9.17) is 9.15 Å². The topological polar surface area (TPSA) is 112 Å². The van der Waals surface area contributed by atoms with Crippen molar-refractivity contribution in [3.05, 3.63) is 42.2 Å². The second kappa shape index (κ2) is 10.6. The number of benzene rings is 1. The lowest BCUT2D eigenvalue weighted by Gasteiger charge is -2.28. The van der Waals surface area contributed by atoms with Crippen LogP contribution in [0.25, 0.3) is 0 Å². The summed E-state index contributed by atoms with van der Waals surface area (Å²) in [6.45, 7) is 3.72. The van der Waals surface area contributed by atoms with Gasteiger partial charge in [0.25, 0.3) is 15.9 Å². The standard InChI is InChI=1S/C23H30N4O6S/c1-25(17-21(28)24-18-5-7-19(8-6-18)26-13-15-32-16-14-26)23(29)20-9-10-22(33-20)34(30,31)27-11-3-2-4-12-27/h5-10H,2-4,11-17H2,1H3,(H,24,28). The van der Waals surface area contributed by atoms with Crippen molar-refractivity contribution in [3.8, 4) is 0 Å². The predicted molar refractivity (Wildman–Crippen MR) is 126 cm³/mol. The Hall–Kier alpha value is -2.89. The molecule has 2 aliphatic heterocycles. The number of carbonyl (C=O) groups is 2. The molecule has 0 spiro atoms. The van der Waals surface area contributed by atoms with Crippen molar-refractivity contribution < 1.29 is 27.2 Å². The van der Waals surface area contributed by atoms with Gasteiger partial charge in [-0.25, -0.2) is 8.42 Å². The third kappa shape index (κ3) is 5.60. The number of nitrogens with zero attached hydrogens (tertiary/aromatic N) is 3. The lowest BCUT2D eigenvalue weighted by Crippen LogP contribution is -2.36. The van der Waals surface area contributed by atoms with Gasteiger partial charge in [-0.05, 0) is 49.2 Å². The van der Waals surface area contributed by atoms with E-state index in [0.29, 0.717) is 32.0 Å². The van der Waals surface area contributed by atoms with Crippen LogP contribution in [0.1, 0.15) is 29.8 Å². The molecule has 1 aromatic carbocycles. The summed E-state index contributed by atoms with van der Waals surface area (Å²) in [7, 11) is -2.31. The fraction of sp³-hybridized carbons (Fsp3) is 0.478. The highest BCUT2D eigenvalue weighted by Crippen LogP contribution is 2.23. The number of furan rings is 1. The molecule has 4 rings (SSSR count). The third-order valence-corrected chi connectivity index (χ3v) is 7.73. The lowest BCUT2D eigenvalue weighted by atomic mass is 10.2. The molecule has 184 valence electrons. The number of likely N-dealkylation sites (N-methyl/N-ethyl adjacent to an activating group) is 1. The number of piperidine rings is 1. The van der Waals surface area contributed by atoms with Crippen molar-refractivity contribution in [2.45, 2.75) is 24.4 Å². The first kappa shape index (κ1) is 24.2. The Balaban J connectivity index is 1.32. The Labute approximate surface area is 199 Å². The Bertz CT molecular complexity index is 1100. The van der Waals surface area contributed by atoms with E-state index in [1.54, 1.807) is 0 Å². The fourth-order valence-corrected chi connectivity index (χ4v) is 5.49. The summed E-state index contributed by atoms with van der Waals surface area (Å²) in [6, 6.07) is 10.1. The van der Waals surface area contributed by atoms with Crippen LogP contribution in [0.2, 0.25) is 0 Å². The summed E-state index contributed by atoms with van der Waals surface area (Å²) in [5.41, 5.74) is 1.68. The molecule has 0 saturated carbocycles. The Morgan fingerprint density at radius 2 is 1.65 bits per heavy atom. The molecule has 3 heterocycles. The number of carbonyl (C=O) groups excluding carboxylic acids is 2. The maximum absolute atomic E-state index is 12.7. The van der Waals surface area contributed by atoms with Gasteiger partial charge in [0.15, 0.2) is 5.76 Å². The first-order valence-corrected chi connectivity index (χ1v) is 12.9. The van der Waals surface area contributed by atoms with E-state index in [9.17, 15) is 18.0 Å². The molecule has 1 aromatic heterocycles. The molecule has 2 aliphatic rings. The van der Waals surface area contributed by atoms with E-state index in [0.717, 1.165) is 38.0 Å². The van der Waals surface area contributed by atoms with Crippen LogP contribution >= 0.6 is 0 Å². The molecule has 0 radical (unpaired) electrons. The molecule has 11 heteroatoms. The Morgan fingerprint density at radius 3 is 2.32 bits per heavy atom. The van der Waals surface area contributed by atoms with E-state index in [1.807, 2.05) is 24.3 Å². The Morgan fingerprint density at radius 1 is 0.971 bits per heavy atom. The van der Waals surface area contributed by atoms with Gasteiger partial charge in [0.1, 0.15) is 0 Å². The number of ether oxygens (including phenoxy) is 1. The highest BCUT2D eigenvalue weighted by molar-refractivity contribution is 7.89. The third-order valence-electron chi connectivity index (χ3n) is 5.96. The van der Waals surface area contributed by atoms with Crippen LogP contribution in [0, 0.1) is 0 Å². The molecule has 0 unspecified atom stereocenters. The number of hydrogen-bond donors (Lipinski definition) is 1. The first-order valence-electron chi connectivity index (χ1n) is 11.4. The van der Waals surface area contributed by atoms with Gasteiger partial charge in [0.2, 0.25) is 11.0 Å². The molecular formula is C23H30N4O6S. The minimum Gasteiger partial charge on any atom is -0.438 e. The number of nitrogens with one attached hydrogen (secondary N) is 1. The van der Waals surface area contributed by atoms with Gasteiger partial charge < -0.3 is 24.3 Å².